The highest BCUT2D eigenvalue weighted by molar-refractivity contribution is 9.09. The number of alkyl halides is 1. The van der Waals surface area contributed by atoms with Crippen molar-refractivity contribution >= 4 is 25.8 Å². The molecular formula is C12H13BrN2O3S. The lowest BCUT2D eigenvalue weighted by atomic mass is 10.2. The number of aryl methyl sites for hydroxylation is 1. The first-order valence-electron chi connectivity index (χ1n) is 5.84. The molecule has 0 unspecified atom stereocenters. The van der Waals surface area contributed by atoms with Gasteiger partial charge in [0.15, 0.2) is 0 Å². The predicted molar refractivity (Wildman–Crippen MR) is 72.9 cm³/mol. The Balaban J connectivity index is 2.29. The Hall–Kier alpha value is -1.21. The molecule has 0 saturated heterocycles. The van der Waals surface area contributed by atoms with E-state index in [4.69, 9.17) is 0 Å². The first kappa shape index (κ1) is 14.2. The third-order valence-corrected chi connectivity index (χ3v) is 4.90. The molecule has 0 fully saturated rings. The Labute approximate surface area is 120 Å². The molecule has 0 aliphatic rings. The van der Waals surface area contributed by atoms with Crippen LogP contribution in [0.4, 0.5) is 0 Å². The molecule has 0 N–H and O–H groups in total. The van der Waals surface area contributed by atoms with Crippen LogP contribution in [0, 0.1) is 0 Å². The molecule has 0 spiro atoms. The molecule has 19 heavy (non-hydrogen) atoms. The lowest BCUT2D eigenvalue weighted by Crippen LogP contribution is -2.06. The molecule has 0 saturated carbocycles. The molecule has 0 aliphatic heterocycles. The Kier molecular flexibility index (Phi) is 4.71. The molecule has 0 aliphatic carbocycles. The van der Waals surface area contributed by atoms with Gasteiger partial charge in [0.05, 0.1) is 4.90 Å². The number of hydrogen-bond donors (Lipinski definition) is 0. The van der Waals surface area contributed by atoms with Gasteiger partial charge in [-0.05, 0) is 36.6 Å². The van der Waals surface area contributed by atoms with Gasteiger partial charge in [-0.3, -0.25) is 0 Å². The van der Waals surface area contributed by atoms with E-state index in [9.17, 15) is 8.42 Å². The molecule has 5 nitrogen and oxygen atoms in total. The zero-order valence-corrected chi connectivity index (χ0v) is 12.5. The molecule has 0 amide bonds. The monoisotopic (exact) mass is 344 g/mol. The molecule has 1 heterocycles. The fourth-order valence-corrected chi connectivity index (χ4v) is 3.37. The molecule has 0 radical (unpaired) electrons. The van der Waals surface area contributed by atoms with Gasteiger partial charge < -0.3 is 0 Å². The van der Waals surface area contributed by atoms with E-state index in [0.29, 0.717) is 12.1 Å². The second kappa shape index (κ2) is 6.29. The molecule has 1 aromatic heterocycles. The topological polar surface area (TPSA) is 73.1 Å². The van der Waals surface area contributed by atoms with Crippen LogP contribution in [0.3, 0.4) is 0 Å². The molecule has 0 atom stereocenters. The van der Waals surface area contributed by atoms with E-state index in [-0.39, 0.29) is 9.92 Å². The van der Waals surface area contributed by atoms with Gasteiger partial charge in [-0.1, -0.05) is 39.3 Å². The van der Waals surface area contributed by atoms with Gasteiger partial charge in [0, 0.05) is 5.33 Å². The van der Waals surface area contributed by atoms with Crippen LogP contribution in [0.1, 0.15) is 18.5 Å². The second-order valence-electron chi connectivity index (χ2n) is 3.98. The Morgan fingerprint density at radius 1 is 1.11 bits per heavy atom. The number of hydrogen-bond acceptors (Lipinski definition) is 5. The van der Waals surface area contributed by atoms with Crippen molar-refractivity contribution in [2.75, 3.05) is 5.33 Å². The quantitative estimate of drug-likeness (QED) is 0.594. The number of unbranched alkanes of at least 4 members (excludes halogenated alkanes) is 1. The second-order valence-corrected chi connectivity index (χ2v) is 6.64. The van der Waals surface area contributed by atoms with Crippen molar-refractivity contribution < 1.29 is 13.0 Å². The van der Waals surface area contributed by atoms with E-state index in [1.807, 2.05) is 0 Å². The smallest absolute Gasteiger partial charge is 0.229 e. The first-order valence-corrected chi connectivity index (χ1v) is 8.44. The van der Waals surface area contributed by atoms with E-state index in [1.165, 1.54) is 12.1 Å². The van der Waals surface area contributed by atoms with Gasteiger partial charge >= 0.3 is 0 Å². The summed E-state index contributed by atoms with van der Waals surface area (Å²) in [6.07, 6.45) is 2.31. The van der Waals surface area contributed by atoms with Gasteiger partial charge in [-0.2, -0.15) is 0 Å². The van der Waals surface area contributed by atoms with Crippen LogP contribution in [0.15, 0.2) is 44.9 Å². The average molecular weight is 345 g/mol. The highest BCUT2D eigenvalue weighted by Crippen LogP contribution is 2.22. The van der Waals surface area contributed by atoms with Gasteiger partial charge in [-0.25, -0.2) is 13.0 Å². The molecule has 0 bridgehead atoms. The summed E-state index contributed by atoms with van der Waals surface area (Å²) in [4.78, 5) is 0.201. The van der Waals surface area contributed by atoms with Crippen LogP contribution in [-0.4, -0.2) is 24.1 Å². The van der Waals surface area contributed by atoms with Gasteiger partial charge in [0.2, 0.25) is 14.9 Å². The van der Waals surface area contributed by atoms with Crippen molar-refractivity contribution in [3.05, 3.63) is 36.0 Å². The van der Waals surface area contributed by atoms with E-state index in [0.717, 1.165) is 18.2 Å². The lowest BCUT2D eigenvalue weighted by molar-refractivity contribution is 0.294. The summed E-state index contributed by atoms with van der Waals surface area (Å²) < 4.78 is 29.3. The Morgan fingerprint density at radius 2 is 1.84 bits per heavy atom. The maximum atomic E-state index is 12.4. The summed E-state index contributed by atoms with van der Waals surface area (Å²) in [7, 11) is -3.64. The van der Waals surface area contributed by atoms with E-state index >= 15 is 0 Å². The summed E-state index contributed by atoms with van der Waals surface area (Å²) >= 11 is 3.33. The minimum Gasteiger partial charge on any atom is -0.243 e. The lowest BCUT2D eigenvalue weighted by Gasteiger charge is -2.01. The van der Waals surface area contributed by atoms with E-state index in [2.05, 4.69) is 30.9 Å². The highest BCUT2D eigenvalue weighted by Gasteiger charge is 2.26. The highest BCUT2D eigenvalue weighted by atomic mass is 79.9. The maximum absolute atomic E-state index is 12.4. The summed E-state index contributed by atoms with van der Waals surface area (Å²) in [5.74, 6) is 0. The molecule has 7 heteroatoms. The number of rotatable bonds is 6. The van der Waals surface area contributed by atoms with E-state index in [1.54, 1.807) is 18.2 Å². The van der Waals surface area contributed by atoms with Crippen molar-refractivity contribution in [3.63, 3.8) is 0 Å². The third kappa shape index (κ3) is 3.22. The van der Waals surface area contributed by atoms with E-state index < -0.39 is 9.84 Å². The number of sulfone groups is 1. The Bertz CT molecular complexity index is 625. The Morgan fingerprint density at radius 3 is 2.53 bits per heavy atom. The van der Waals surface area contributed by atoms with Crippen LogP contribution in [0.2, 0.25) is 0 Å². The number of benzene rings is 1. The SMILES string of the molecule is O=S(=O)(c1ccccc1)c1nonc1CCCCBr. The predicted octanol–water partition coefficient (Wildman–Crippen LogP) is 2.62. The van der Waals surface area contributed by atoms with Crippen LogP contribution >= 0.6 is 15.9 Å². The fraction of sp³-hybridized carbons (Fsp3) is 0.333. The van der Waals surface area contributed by atoms with Gasteiger partial charge in [0.25, 0.3) is 0 Å². The number of halogens is 1. The third-order valence-electron chi connectivity index (χ3n) is 2.63. The summed E-state index contributed by atoms with van der Waals surface area (Å²) in [5.41, 5.74) is 0.393. The maximum Gasteiger partial charge on any atom is 0.229 e. The number of nitrogens with zero attached hydrogens (tertiary/aromatic N) is 2. The van der Waals surface area contributed by atoms with Crippen molar-refractivity contribution in [2.45, 2.75) is 29.2 Å². The zero-order valence-electron chi connectivity index (χ0n) is 10.1. The van der Waals surface area contributed by atoms with Crippen LogP contribution in [-0.2, 0) is 16.3 Å². The normalized spacial score (nSPS) is 11.6. The fourth-order valence-electron chi connectivity index (χ4n) is 1.65. The summed E-state index contributed by atoms with van der Waals surface area (Å²) in [6.45, 7) is 0. The zero-order chi connectivity index (χ0) is 13.7. The summed E-state index contributed by atoms with van der Waals surface area (Å²) in [5, 5.41) is 8.05. The van der Waals surface area contributed by atoms with Crippen LogP contribution < -0.4 is 0 Å². The molecule has 102 valence electrons. The number of aromatic nitrogens is 2. The molecule has 2 aromatic rings. The minimum absolute atomic E-state index is 0.0757. The minimum atomic E-state index is -3.64. The van der Waals surface area contributed by atoms with Crippen molar-refractivity contribution in [1.29, 1.82) is 0 Å². The first-order chi connectivity index (χ1) is 9.16. The van der Waals surface area contributed by atoms with Crippen LogP contribution in [0.25, 0.3) is 0 Å². The van der Waals surface area contributed by atoms with Crippen molar-refractivity contribution in [2.24, 2.45) is 0 Å². The molecular weight excluding hydrogens is 332 g/mol. The van der Waals surface area contributed by atoms with Crippen molar-refractivity contribution in [3.8, 4) is 0 Å². The van der Waals surface area contributed by atoms with Gasteiger partial charge in [-0.15, -0.1) is 0 Å². The molecule has 2 rings (SSSR count). The standard InChI is InChI=1S/C12H13BrN2O3S/c13-9-5-4-8-11-12(15-18-14-11)19(16,17)10-6-2-1-3-7-10/h1-3,6-7H,4-5,8-9H2. The van der Waals surface area contributed by atoms with Crippen LogP contribution in [0.5, 0.6) is 0 Å². The average Bonchev–Trinajstić information content (AvgIpc) is 2.89. The van der Waals surface area contributed by atoms with Crippen molar-refractivity contribution in [1.82, 2.24) is 10.3 Å². The molecule has 1 aromatic carbocycles. The largest absolute Gasteiger partial charge is 0.243 e. The summed E-state index contributed by atoms with van der Waals surface area (Å²) in [6, 6.07) is 8.17. The van der Waals surface area contributed by atoms with Gasteiger partial charge in [0.1, 0.15) is 5.69 Å².